The van der Waals surface area contributed by atoms with Gasteiger partial charge in [0, 0.05) is 5.88 Å². The largest absolute Gasteiger partial charge is 0.435 e. The SMILES string of the molecule is C=COC(=O)CC(Cl)CCl. The molecule has 0 amide bonds. The van der Waals surface area contributed by atoms with Gasteiger partial charge in [0.25, 0.3) is 0 Å². The highest BCUT2D eigenvalue weighted by atomic mass is 35.5. The lowest BCUT2D eigenvalue weighted by Crippen LogP contribution is -2.09. The summed E-state index contributed by atoms with van der Waals surface area (Å²) in [4.78, 5) is 10.6. The molecule has 0 aromatic carbocycles. The van der Waals surface area contributed by atoms with Crippen LogP contribution in [0.5, 0.6) is 0 Å². The molecule has 0 aliphatic rings. The predicted molar refractivity (Wildman–Crippen MR) is 41.3 cm³/mol. The monoisotopic (exact) mass is 182 g/mol. The van der Waals surface area contributed by atoms with E-state index >= 15 is 0 Å². The van der Waals surface area contributed by atoms with E-state index in [1.54, 1.807) is 0 Å². The summed E-state index contributed by atoms with van der Waals surface area (Å²) in [6, 6.07) is 0. The lowest BCUT2D eigenvalue weighted by atomic mass is 10.3. The van der Waals surface area contributed by atoms with Gasteiger partial charge in [-0.25, -0.2) is 0 Å². The van der Waals surface area contributed by atoms with Crippen molar-refractivity contribution in [1.29, 1.82) is 0 Å². The van der Waals surface area contributed by atoms with Gasteiger partial charge in [-0.1, -0.05) is 6.58 Å². The second-order valence-electron chi connectivity index (χ2n) is 1.61. The lowest BCUT2D eigenvalue weighted by Gasteiger charge is -2.01. The fourth-order valence-electron chi connectivity index (χ4n) is 0.376. The molecule has 0 N–H and O–H groups in total. The molecule has 4 heteroatoms. The third-order valence-electron chi connectivity index (χ3n) is 0.770. The van der Waals surface area contributed by atoms with Crippen LogP contribution in [0.3, 0.4) is 0 Å². The van der Waals surface area contributed by atoms with Crippen molar-refractivity contribution < 1.29 is 9.53 Å². The summed E-state index contributed by atoms with van der Waals surface area (Å²) in [5, 5.41) is -0.353. The highest BCUT2D eigenvalue weighted by molar-refractivity contribution is 6.28. The maximum Gasteiger partial charge on any atom is 0.312 e. The Morgan fingerprint density at radius 3 is 2.80 bits per heavy atom. The fraction of sp³-hybridized carbons (Fsp3) is 0.500. The molecule has 58 valence electrons. The third-order valence-corrected chi connectivity index (χ3v) is 1.61. The van der Waals surface area contributed by atoms with Crippen LogP contribution in [-0.4, -0.2) is 17.2 Å². The van der Waals surface area contributed by atoms with E-state index in [9.17, 15) is 4.79 Å². The Hall–Kier alpha value is -0.210. The summed E-state index contributed by atoms with van der Waals surface area (Å²) in [7, 11) is 0. The Balaban J connectivity index is 3.46. The molecule has 0 aromatic heterocycles. The maximum atomic E-state index is 10.6. The summed E-state index contributed by atoms with van der Waals surface area (Å²) < 4.78 is 4.40. The van der Waals surface area contributed by atoms with Crippen LogP contribution in [0.25, 0.3) is 0 Å². The number of halogens is 2. The van der Waals surface area contributed by atoms with E-state index in [1.165, 1.54) is 0 Å². The minimum atomic E-state index is -0.407. The van der Waals surface area contributed by atoms with Crippen LogP contribution in [0.15, 0.2) is 12.8 Å². The van der Waals surface area contributed by atoms with Crippen molar-refractivity contribution in [2.75, 3.05) is 5.88 Å². The van der Waals surface area contributed by atoms with Gasteiger partial charge in [-0.15, -0.1) is 23.2 Å². The summed E-state index contributed by atoms with van der Waals surface area (Å²) in [5.74, 6) is -0.163. The molecule has 0 aliphatic carbocycles. The van der Waals surface area contributed by atoms with E-state index in [0.29, 0.717) is 0 Å². The van der Waals surface area contributed by atoms with E-state index in [4.69, 9.17) is 23.2 Å². The Kier molecular flexibility index (Phi) is 5.45. The standard InChI is InChI=1S/C6H8Cl2O2/c1-2-10-6(9)3-5(8)4-7/h2,5H,1,3-4H2. The molecule has 0 bridgehead atoms. The first-order chi connectivity index (χ1) is 4.70. The van der Waals surface area contributed by atoms with Crippen molar-refractivity contribution in [3.63, 3.8) is 0 Å². The minimum absolute atomic E-state index is 0.122. The molecule has 10 heavy (non-hydrogen) atoms. The molecule has 1 unspecified atom stereocenters. The van der Waals surface area contributed by atoms with E-state index in [1.807, 2.05) is 0 Å². The number of esters is 1. The average molecular weight is 183 g/mol. The maximum absolute atomic E-state index is 10.6. The van der Waals surface area contributed by atoms with Gasteiger partial charge >= 0.3 is 5.97 Å². The summed E-state index contributed by atoms with van der Waals surface area (Å²) in [6.45, 7) is 3.21. The van der Waals surface area contributed by atoms with Crippen molar-refractivity contribution in [1.82, 2.24) is 0 Å². The molecule has 1 atom stereocenters. The van der Waals surface area contributed by atoms with Crippen LogP contribution in [0.2, 0.25) is 0 Å². The second-order valence-corrected chi connectivity index (χ2v) is 2.54. The van der Waals surface area contributed by atoms with E-state index in [2.05, 4.69) is 11.3 Å². The fourth-order valence-corrected chi connectivity index (χ4v) is 0.612. The Labute approximate surface area is 69.8 Å². The van der Waals surface area contributed by atoms with Gasteiger partial charge in [-0.05, 0) is 0 Å². The van der Waals surface area contributed by atoms with Gasteiger partial charge in [0.15, 0.2) is 0 Å². The summed E-state index contributed by atoms with van der Waals surface area (Å²) in [5.41, 5.74) is 0. The van der Waals surface area contributed by atoms with Crippen LogP contribution in [0.1, 0.15) is 6.42 Å². The van der Waals surface area contributed by atoms with Crippen LogP contribution < -0.4 is 0 Å². The molecule has 0 aliphatic heterocycles. The molecule has 0 heterocycles. The lowest BCUT2D eigenvalue weighted by molar-refractivity contribution is -0.137. The molecule has 0 spiro atoms. The quantitative estimate of drug-likeness (QED) is 0.378. The summed E-state index contributed by atoms with van der Waals surface area (Å²) >= 11 is 10.9. The molecule has 0 aromatic rings. The molecular formula is C6H8Cl2O2. The van der Waals surface area contributed by atoms with Crippen LogP contribution in [-0.2, 0) is 9.53 Å². The highest BCUT2D eigenvalue weighted by Crippen LogP contribution is 2.04. The predicted octanol–water partition coefficient (Wildman–Crippen LogP) is 1.91. The molecule has 0 saturated carbocycles. The van der Waals surface area contributed by atoms with Gasteiger partial charge in [-0.3, -0.25) is 4.79 Å². The van der Waals surface area contributed by atoms with Gasteiger partial charge in [0.1, 0.15) is 0 Å². The minimum Gasteiger partial charge on any atom is -0.435 e. The molecule has 2 nitrogen and oxygen atoms in total. The normalized spacial score (nSPS) is 12.2. The Bertz CT molecular complexity index is 125. The van der Waals surface area contributed by atoms with Crippen molar-refractivity contribution in [2.45, 2.75) is 11.8 Å². The van der Waals surface area contributed by atoms with Crippen molar-refractivity contribution in [3.8, 4) is 0 Å². The van der Waals surface area contributed by atoms with E-state index < -0.39 is 5.97 Å². The second kappa shape index (κ2) is 5.57. The highest BCUT2D eigenvalue weighted by Gasteiger charge is 2.09. The Morgan fingerprint density at radius 2 is 2.40 bits per heavy atom. The molecule has 0 fully saturated rings. The number of hydrogen-bond donors (Lipinski definition) is 0. The topological polar surface area (TPSA) is 26.3 Å². The zero-order valence-electron chi connectivity index (χ0n) is 5.35. The Morgan fingerprint density at radius 1 is 1.80 bits per heavy atom. The number of hydrogen-bond acceptors (Lipinski definition) is 2. The number of rotatable bonds is 4. The molecule has 0 rings (SSSR count). The average Bonchev–Trinajstić information content (AvgIpc) is 1.88. The first kappa shape index (κ1) is 9.79. The smallest absolute Gasteiger partial charge is 0.312 e. The summed E-state index contributed by atoms with van der Waals surface area (Å²) in [6.07, 6.45) is 1.19. The van der Waals surface area contributed by atoms with Gasteiger partial charge < -0.3 is 4.74 Å². The van der Waals surface area contributed by atoms with Gasteiger partial charge in [0.2, 0.25) is 0 Å². The number of carbonyl (C=O) groups is 1. The van der Waals surface area contributed by atoms with Crippen LogP contribution in [0.4, 0.5) is 0 Å². The molecule has 0 radical (unpaired) electrons. The number of carbonyl (C=O) groups excluding carboxylic acids is 1. The van der Waals surface area contributed by atoms with Crippen LogP contribution >= 0.6 is 23.2 Å². The molecular weight excluding hydrogens is 175 g/mol. The first-order valence-corrected chi connectivity index (χ1v) is 3.68. The first-order valence-electron chi connectivity index (χ1n) is 2.71. The van der Waals surface area contributed by atoms with Gasteiger partial charge in [-0.2, -0.15) is 0 Å². The van der Waals surface area contributed by atoms with Crippen molar-refractivity contribution in [3.05, 3.63) is 12.8 Å². The van der Waals surface area contributed by atoms with Crippen molar-refractivity contribution >= 4 is 29.2 Å². The van der Waals surface area contributed by atoms with Crippen LogP contribution in [0, 0.1) is 0 Å². The number of alkyl halides is 2. The third kappa shape index (κ3) is 4.65. The zero-order chi connectivity index (χ0) is 7.98. The number of ether oxygens (including phenoxy) is 1. The zero-order valence-corrected chi connectivity index (χ0v) is 6.86. The van der Waals surface area contributed by atoms with Crippen molar-refractivity contribution in [2.24, 2.45) is 0 Å². The van der Waals surface area contributed by atoms with E-state index in [-0.39, 0.29) is 17.7 Å². The van der Waals surface area contributed by atoms with Gasteiger partial charge in [0.05, 0.1) is 18.1 Å². The van der Waals surface area contributed by atoms with E-state index in [0.717, 1.165) is 6.26 Å². The molecule has 0 saturated heterocycles.